The minimum atomic E-state index is -0.871. The van der Waals surface area contributed by atoms with Gasteiger partial charge in [0.25, 0.3) is 0 Å². The zero-order valence-corrected chi connectivity index (χ0v) is 22.5. The fourth-order valence-electron chi connectivity index (χ4n) is 5.17. The van der Waals surface area contributed by atoms with Crippen molar-refractivity contribution in [1.29, 1.82) is 0 Å². The van der Waals surface area contributed by atoms with Gasteiger partial charge >= 0.3 is 0 Å². The van der Waals surface area contributed by atoms with Gasteiger partial charge in [-0.15, -0.1) is 0 Å². The van der Waals surface area contributed by atoms with Crippen molar-refractivity contribution in [3.63, 3.8) is 0 Å². The second-order valence-corrected chi connectivity index (χ2v) is 10.2. The first-order valence-corrected chi connectivity index (χ1v) is 13.7. The summed E-state index contributed by atoms with van der Waals surface area (Å²) in [4.78, 5) is 27.6. The Balaban J connectivity index is 1.28. The van der Waals surface area contributed by atoms with Crippen LogP contribution in [0.4, 0.5) is 0 Å². The van der Waals surface area contributed by atoms with Gasteiger partial charge in [-0.05, 0) is 81.1 Å². The zero-order chi connectivity index (χ0) is 26.9. The second kappa shape index (κ2) is 13.6. The van der Waals surface area contributed by atoms with E-state index in [4.69, 9.17) is 14.2 Å². The predicted molar refractivity (Wildman–Crippen MR) is 145 cm³/mol. The summed E-state index contributed by atoms with van der Waals surface area (Å²) < 4.78 is 16.4. The van der Waals surface area contributed by atoms with Crippen LogP contribution in [0.5, 0.6) is 17.2 Å². The number of nitrogens with zero attached hydrogens (tertiary/aromatic N) is 1. The van der Waals surface area contributed by atoms with Gasteiger partial charge < -0.3 is 24.6 Å². The Bertz CT molecular complexity index is 1070. The van der Waals surface area contributed by atoms with E-state index in [1.54, 1.807) is 31.4 Å². The van der Waals surface area contributed by atoms with Crippen molar-refractivity contribution in [3.8, 4) is 17.2 Å². The molecule has 0 radical (unpaired) electrons. The standard InChI is InChI=1S/C30H40N2O6/c1-21-7-6-16-32(21)20-25(30(35)23-12-15-27-28(19-23)38-18-17-37-27)31-29(34)9-5-3-4-8-26(33)22-10-13-24(36-2)14-11-22/h10-15,19,21,25,30,35H,3-9,16-18,20H2,1-2H3,(H,31,34)/t21?,25-,30?/m1/s1. The summed E-state index contributed by atoms with van der Waals surface area (Å²) in [5.74, 6) is 2.03. The molecule has 2 unspecified atom stereocenters. The van der Waals surface area contributed by atoms with E-state index in [9.17, 15) is 14.7 Å². The van der Waals surface area contributed by atoms with Gasteiger partial charge in [-0.2, -0.15) is 0 Å². The molecule has 1 saturated heterocycles. The fourth-order valence-corrected chi connectivity index (χ4v) is 5.17. The molecule has 2 N–H and O–H groups in total. The minimum absolute atomic E-state index is 0.0834. The van der Waals surface area contributed by atoms with Gasteiger partial charge in [-0.25, -0.2) is 0 Å². The molecule has 2 aliphatic rings. The molecule has 0 aliphatic carbocycles. The van der Waals surface area contributed by atoms with Crippen LogP contribution in [0.3, 0.4) is 0 Å². The number of hydrogen-bond donors (Lipinski definition) is 2. The van der Waals surface area contributed by atoms with Crippen LogP contribution in [-0.2, 0) is 4.79 Å². The summed E-state index contributed by atoms with van der Waals surface area (Å²) in [5.41, 5.74) is 1.37. The minimum Gasteiger partial charge on any atom is -0.497 e. The van der Waals surface area contributed by atoms with Gasteiger partial charge in [0, 0.05) is 31.0 Å². The van der Waals surface area contributed by atoms with Crippen LogP contribution >= 0.6 is 0 Å². The smallest absolute Gasteiger partial charge is 0.220 e. The summed E-state index contributed by atoms with van der Waals surface area (Å²) in [6.07, 6.45) is 4.38. The van der Waals surface area contributed by atoms with Crippen LogP contribution in [0.1, 0.15) is 73.9 Å². The van der Waals surface area contributed by atoms with Crippen molar-refractivity contribution < 1.29 is 28.9 Å². The van der Waals surface area contributed by atoms with E-state index in [0.29, 0.717) is 67.7 Å². The van der Waals surface area contributed by atoms with Crippen LogP contribution in [0.25, 0.3) is 0 Å². The van der Waals surface area contributed by atoms with Gasteiger partial charge in [0.1, 0.15) is 25.1 Å². The number of hydrogen-bond acceptors (Lipinski definition) is 7. The Hall–Kier alpha value is -3.10. The van der Waals surface area contributed by atoms with Gasteiger partial charge in [-0.1, -0.05) is 12.5 Å². The maximum Gasteiger partial charge on any atom is 0.220 e. The number of amides is 1. The Morgan fingerprint density at radius 3 is 2.50 bits per heavy atom. The molecule has 3 atom stereocenters. The molecule has 1 fully saturated rings. The zero-order valence-electron chi connectivity index (χ0n) is 22.5. The van der Waals surface area contributed by atoms with Crippen molar-refractivity contribution in [1.82, 2.24) is 10.2 Å². The monoisotopic (exact) mass is 524 g/mol. The SMILES string of the molecule is COc1ccc(C(=O)CCCCCC(=O)N[C@H](CN2CCCC2C)C(O)c2ccc3c(c2)OCCO3)cc1. The lowest BCUT2D eigenvalue weighted by Gasteiger charge is -2.31. The average Bonchev–Trinajstić information content (AvgIpc) is 3.35. The van der Waals surface area contributed by atoms with Crippen LogP contribution < -0.4 is 19.5 Å². The van der Waals surface area contributed by atoms with Gasteiger partial charge in [0.2, 0.25) is 5.91 Å². The number of carbonyl (C=O) groups is 2. The van der Waals surface area contributed by atoms with E-state index in [1.165, 1.54) is 0 Å². The van der Waals surface area contributed by atoms with Gasteiger partial charge in [0.05, 0.1) is 13.2 Å². The number of ketones is 1. The molecule has 2 aromatic carbocycles. The summed E-state index contributed by atoms with van der Waals surface area (Å²) >= 11 is 0. The van der Waals surface area contributed by atoms with E-state index in [2.05, 4.69) is 17.1 Å². The number of carbonyl (C=O) groups excluding carboxylic acids is 2. The maximum absolute atomic E-state index is 12.9. The number of ether oxygens (including phenoxy) is 3. The first-order valence-electron chi connectivity index (χ1n) is 13.7. The Morgan fingerprint density at radius 2 is 1.79 bits per heavy atom. The molecule has 2 aromatic rings. The molecule has 2 aliphatic heterocycles. The third kappa shape index (κ3) is 7.48. The molecule has 0 bridgehead atoms. The lowest BCUT2D eigenvalue weighted by atomic mass is 10.00. The molecular formula is C30H40N2O6. The number of unbranched alkanes of at least 4 members (excludes halogenated alkanes) is 2. The molecule has 0 saturated carbocycles. The number of Topliss-reactive ketones (excluding diaryl/α,β-unsaturated/α-hetero) is 1. The highest BCUT2D eigenvalue weighted by atomic mass is 16.6. The summed E-state index contributed by atoms with van der Waals surface area (Å²) in [6.45, 7) is 4.72. The quantitative estimate of drug-likeness (QED) is 0.298. The summed E-state index contributed by atoms with van der Waals surface area (Å²) in [7, 11) is 1.60. The van der Waals surface area contributed by atoms with Crippen LogP contribution in [0.15, 0.2) is 42.5 Å². The van der Waals surface area contributed by atoms with E-state index in [-0.39, 0.29) is 11.7 Å². The largest absolute Gasteiger partial charge is 0.497 e. The van der Waals surface area contributed by atoms with Gasteiger partial charge in [0.15, 0.2) is 17.3 Å². The lowest BCUT2D eigenvalue weighted by molar-refractivity contribution is -0.123. The van der Waals surface area contributed by atoms with Crippen molar-refractivity contribution in [2.45, 2.75) is 70.1 Å². The molecule has 2 heterocycles. The third-order valence-corrected chi connectivity index (χ3v) is 7.48. The number of aliphatic hydroxyl groups is 1. The highest BCUT2D eigenvalue weighted by Gasteiger charge is 2.30. The summed E-state index contributed by atoms with van der Waals surface area (Å²) in [5, 5.41) is 14.4. The number of rotatable bonds is 13. The van der Waals surface area contributed by atoms with Crippen LogP contribution in [0.2, 0.25) is 0 Å². The first-order chi connectivity index (χ1) is 18.4. The van der Waals surface area contributed by atoms with Crippen molar-refractivity contribution in [2.75, 3.05) is 33.4 Å². The molecule has 8 nitrogen and oxygen atoms in total. The van der Waals surface area contributed by atoms with E-state index >= 15 is 0 Å². The molecule has 8 heteroatoms. The predicted octanol–water partition coefficient (Wildman–Crippen LogP) is 4.30. The Kier molecular flexibility index (Phi) is 10.0. The molecule has 38 heavy (non-hydrogen) atoms. The highest BCUT2D eigenvalue weighted by molar-refractivity contribution is 5.96. The van der Waals surface area contributed by atoms with Crippen molar-refractivity contribution >= 4 is 11.7 Å². The van der Waals surface area contributed by atoms with Crippen LogP contribution in [-0.4, -0.2) is 67.2 Å². The summed E-state index contributed by atoms with van der Waals surface area (Å²) in [6, 6.07) is 12.6. The maximum atomic E-state index is 12.9. The number of fused-ring (bicyclic) bond motifs is 1. The number of benzene rings is 2. The molecule has 0 spiro atoms. The number of methoxy groups -OCH3 is 1. The molecule has 0 aromatic heterocycles. The lowest BCUT2D eigenvalue weighted by Crippen LogP contribution is -2.48. The Morgan fingerprint density at radius 1 is 1.05 bits per heavy atom. The number of likely N-dealkylation sites (tertiary alicyclic amines) is 1. The first kappa shape index (κ1) is 27.9. The van der Waals surface area contributed by atoms with Crippen molar-refractivity contribution in [2.24, 2.45) is 0 Å². The highest BCUT2D eigenvalue weighted by Crippen LogP contribution is 2.34. The van der Waals surface area contributed by atoms with Crippen molar-refractivity contribution in [3.05, 3.63) is 53.6 Å². The average molecular weight is 525 g/mol. The van der Waals surface area contributed by atoms with E-state index in [1.807, 2.05) is 18.2 Å². The molecular weight excluding hydrogens is 484 g/mol. The van der Waals surface area contributed by atoms with E-state index in [0.717, 1.165) is 38.0 Å². The molecule has 1 amide bonds. The normalized spacial score (nSPS) is 18.6. The van der Waals surface area contributed by atoms with Gasteiger partial charge in [-0.3, -0.25) is 14.5 Å². The second-order valence-electron chi connectivity index (χ2n) is 10.2. The van der Waals surface area contributed by atoms with Crippen LogP contribution in [0, 0.1) is 0 Å². The molecule has 206 valence electrons. The third-order valence-electron chi connectivity index (χ3n) is 7.48. The number of nitrogens with one attached hydrogen (secondary N) is 1. The topological polar surface area (TPSA) is 97.3 Å². The Labute approximate surface area is 225 Å². The molecule has 4 rings (SSSR count). The number of aliphatic hydroxyl groups excluding tert-OH is 1. The fraction of sp³-hybridized carbons (Fsp3) is 0.533. The van der Waals surface area contributed by atoms with E-state index < -0.39 is 12.1 Å².